The number of hydrogen-bond acceptors (Lipinski definition) is 5. The molecule has 30 heavy (non-hydrogen) atoms. The maximum absolute atomic E-state index is 12.8. The van der Waals surface area contributed by atoms with E-state index in [9.17, 15) is 9.59 Å². The van der Waals surface area contributed by atoms with E-state index >= 15 is 0 Å². The number of methoxy groups -OCH3 is 1. The largest absolute Gasteiger partial charge is 0.481 e. The molecule has 0 saturated heterocycles. The molecule has 0 amide bonds. The first kappa shape index (κ1) is 23.6. The Balaban J connectivity index is 2.47. The van der Waals surface area contributed by atoms with Gasteiger partial charge in [-0.2, -0.15) is 4.99 Å². The number of rotatable bonds is 8. The monoisotopic (exact) mass is 433 g/mol. The van der Waals surface area contributed by atoms with Crippen molar-refractivity contribution >= 4 is 23.3 Å². The van der Waals surface area contributed by atoms with Crippen molar-refractivity contribution in [3.63, 3.8) is 0 Å². The molecule has 0 bridgehead atoms. The number of aromatic nitrogens is 2. The van der Waals surface area contributed by atoms with Crippen LogP contribution in [-0.4, -0.2) is 33.9 Å². The maximum atomic E-state index is 12.8. The Kier molecular flexibility index (Phi) is 8.62. The van der Waals surface area contributed by atoms with Gasteiger partial charge >= 0.3 is 5.69 Å². The van der Waals surface area contributed by atoms with E-state index in [4.69, 9.17) is 21.4 Å². The van der Waals surface area contributed by atoms with Crippen LogP contribution >= 0.6 is 11.6 Å². The van der Waals surface area contributed by atoms with Crippen molar-refractivity contribution in [2.24, 2.45) is 4.99 Å². The zero-order valence-electron chi connectivity index (χ0n) is 17.8. The zero-order chi connectivity index (χ0) is 22.3. The average Bonchev–Trinajstić information content (AvgIpc) is 2.74. The summed E-state index contributed by atoms with van der Waals surface area (Å²) in [6, 6.07) is 7.56. The van der Waals surface area contributed by atoms with Gasteiger partial charge in [-0.25, -0.2) is 4.79 Å². The molecule has 0 aliphatic carbocycles. The van der Waals surface area contributed by atoms with E-state index in [2.05, 4.69) is 4.99 Å². The number of hydrogen-bond donors (Lipinski definition) is 1. The number of aliphatic hydroxyl groups excluding tert-OH is 1. The fourth-order valence-electron chi connectivity index (χ4n) is 3.05. The first-order chi connectivity index (χ1) is 14.3. The van der Waals surface area contributed by atoms with Gasteiger partial charge < -0.3 is 9.84 Å². The van der Waals surface area contributed by atoms with Crippen molar-refractivity contribution < 1.29 is 9.84 Å². The molecule has 0 saturated carbocycles. The van der Waals surface area contributed by atoms with E-state index in [1.54, 1.807) is 6.92 Å². The minimum absolute atomic E-state index is 0.0949. The lowest BCUT2D eigenvalue weighted by atomic mass is 10.1. The lowest BCUT2D eigenvalue weighted by Gasteiger charge is -2.15. The minimum Gasteiger partial charge on any atom is -0.481 e. The van der Waals surface area contributed by atoms with Gasteiger partial charge in [0, 0.05) is 30.3 Å². The summed E-state index contributed by atoms with van der Waals surface area (Å²) in [5.74, 6) is 0.616. The van der Waals surface area contributed by atoms with Gasteiger partial charge in [-0.15, -0.1) is 0 Å². The summed E-state index contributed by atoms with van der Waals surface area (Å²) in [5, 5.41) is 9.72. The third kappa shape index (κ3) is 5.49. The summed E-state index contributed by atoms with van der Waals surface area (Å²) in [4.78, 5) is 30.0. The second-order valence-corrected chi connectivity index (χ2v) is 7.28. The Morgan fingerprint density at radius 3 is 2.47 bits per heavy atom. The molecule has 2 aromatic rings. The highest BCUT2D eigenvalue weighted by molar-refractivity contribution is 6.30. The van der Waals surface area contributed by atoms with Gasteiger partial charge in [-0.3, -0.25) is 13.9 Å². The first-order valence-corrected chi connectivity index (χ1v) is 10.2. The number of halogens is 1. The van der Waals surface area contributed by atoms with Gasteiger partial charge in [0.05, 0.1) is 12.7 Å². The highest BCUT2D eigenvalue weighted by Gasteiger charge is 2.16. The van der Waals surface area contributed by atoms with Crippen molar-refractivity contribution in [1.29, 1.82) is 0 Å². The normalized spacial score (nSPS) is 12.3. The molecule has 0 aliphatic rings. The van der Waals surface area contributed by atoms with Crippen LogP contribution < -0.4 is 11.2 Å². The summed E-state index contributed by atoms with van der Waals surface area (Å²) in [6.45, 7) is 5.74. The molecule has 0 aliphatic heterocycles. The molecule has 1 aromatic carbocycles. The molecule has 0 unspecified atom stereocenters. The standard InChI is InChI=1S/C22H28ClN3O4/c1-5-25-19(16(3)21(28)26(22(25)29)13-6-14-27)24-20(30-4)15(2)7-8-17-9-11-18(23)12-10-17/h7,9-12,27H,5-6,8,13-14H2,1-4H3/b15-7-,24-20+. The van der Waals surface area contributed by atoms with Crippen LogP contribution in [0, 0.1) is 6.92 Å². The molecule has 0 atom stereocenters. The Bertz CT molecular complexity index is 1050. The zero-order valence-corrected chi connectivity index (χ0v) is 18.6. The highest BCUT2D eigenvalue weighted by atomic mass is 35.5. The Labute approximate surface area is 180 Å². The van der Waals surface area contributed by atoms with Crippen molar-refractivity contribution in [2.45, 2.75) is 46.7 Å². The molecule has 8 heteroatoms. The van der Waals surface area contributed by atoms with Crippen molar-refractivity contribution in [2.75, 3.05) is 13.7 Å². The quantitative estimate of drug-likeness (QED) is 0.511. The molecule has 1 N–H and O–H groups in total. The summed E-state index contributed by atoms with van der Waals surface area (Å²) in [6.07, 6.45) is 2.96. The molecule has 1 heterocycles. The van der Waals surface area contributed by atoms with Crippen LogP contribution in [0.25, 0.3) is 0 Å². The molecule has 0 spiro atoms. The van der Waals surface area contributed by atoms with E-state index in [-0.39, 0.29) is 19.0 Å². The number of nitrogens with zero attached hydrogens (tertiary/aromatic N) is 3. The minimum atomic E-state index is -0.446. The van der Waals surface area contributed by atoms with Crippen LogP contribution in [0.15, 0.2) is 50.5 Å². The van der Waals surface area contributed by atoms with Crippen LogP contribution in [0.3, 0.4) is 0 Å². The molecule has 0 fully saturated rings. The Hall–Kier alpha value is -2.64. The predicted molar refractivity (Wildman–Crippen MR) is 120 cm³/mol. The molecule has 0 radical (unpaired) electrons. The third-order valence-electron chi connectivity index (χ3n) is 4.77. The summed E-state index contributed by atoms with van der Waals surface area (Å²) in [7, 11) is 1.50. The molecule has 2 rings (SSSR count). The van der Waals surface area contributed by atoms with Crippen LogP contribution in [0.1, 0.15) is 31.4 Å². The summed E-state index contributed by atoms with van der Waals surface area (Å²) < 4.78 is 8.04. The lowest BCUT2D eigenvalue weighted by Crippen LogP contribution is -2.41. The van der Waals surface area contributed by atoms with Gasteiger partial charge in [0.25, 0.3) is 5.56 Å². The number of aliphatic hydroxyl groups is 1. The summed E-state index contributed by atoms with van der Waals surface area (Å²) in [5.41, 5.74) is 1.37. The van der Waals surface area contributed by atoms with Crippen LogP contribution in [0.5, 0.6) is 0 Å². The molecular weight excluding hydrogens is 406 g/mol. The van der Waals surface area contributed by atoms with E-state index in [1.165, 1.54) is 11.7 Å². The van der Waals surface area contributed by atoms with E-state index in [1.807, 2.05) is 44.2 Å². The fourth-order valence-corrected chi connectivity index (χ4v) is 3.17. The second kappa shape index (κ2) is 10.9. The smallest absolute Gasteiger partial charge is 0.332 e. The van der Waals surface area contributed by atoms with Gasteiger partial charge in [0.1, 0.15) is 5.82 Å². The maximum Gasteiger partial charge on any atom is 0.332 e. The summed E-state index contributed by atoms with van der Waals surface area (Å²) >= 11 is 5.92. The SMILES string of the molecule is CCn1c(/N=C(OC)\C(C)=C/Cc2ccc(Cl)cc2)c(C)c(=O)n(CCCO)c1=O. The molecular formula is C22H28ClN3O4. The van der Waals surface area contributed by atoms with E-state index in [0.717, 1.165) is 15.7 Å². The molecule has 7 nitrogen and oxygen atoms in total. The van der Waals surface area contributed by atoms with Crippen LogP contribution in [0.2, 0.25) is 5.02 Å². The molecule has 1 aromatic heterocycles. The van der Waals surface area contributed by atoms with Gasteiger partial charge in [-0.05, 0) is 51.3 Å². The Morgan fingerprint density at radius 2 is 1.90 bits per heavy atom. The van der Waals surface area contributed by atoms with Crippen molar-refractivity contribution in [3.05, 3.63) is 72.9 Å². The first-order valence-electron chi connectivity index (χ1n) is 9.83. The molecule has 162 valence electrons. The number of allylic oxidation sites excluding steroid dienone is 1. The highest BCUT2D eigenvalue weighted by Crippen LogP contribution is 2.17. The average molecular weight is 434 g/mol. The third-order valence-corrected chi connectivity index (χ3v) is 5.02. The Morgan fingerprint density at radius 1 is 1.23 bits per heavy atom. The number of ether oxygens (including phenoxy) is 1. The van der Waals surface area contributed by atoms with Crippen LogP contribution in [-0.2, 0) is 24.2 Å². The predicted octanol–water partition coefficient (Wildman–Crippen LogP) is 3.24. The lowest BCUT2D eigenvalue weighted by molar-refractivity contribution is 0.277. The number of aliphatic imine (C=N–C) groups is 1. The van der Waals surface area contributed by atoms with Crippen molar-refractivity contribution in [3.8, 4) is 0 Å². The van der Waals surface area contributed by atoms with Crippen molar-refractivity contribution in [1.82, 2.24) is 9.13 Å². The van der Waals surface area contributed by atoms with Crippen LogP contribution in [0.4, 0.5) is 5.82 Å². The van der Waals surface area contributed by atoms with Gasteiger partial charge in [-0.1, -0.05) is 29.8 Å². The van der Waals surface area contributed by atoms with Gasteiger partial charge in [0.2, 0.25) is 5.90 Å². The van der Waals surface area contributed by atoms with E-state index < -0.39 is 11.2 Å². The fraction of sp³-hybridized carbons (Fsp3) is 0.409. The number of benzene rings is 1. The topological polar surface area (TPSA) is 85.8 Å². The van der Waals surface area contributed by atoms with Gasteiger partial charge in [0.15, 0.2) is 0 Å². The van der Waals surface area contributed by atoms with E-state index in [0.29, 0.717) is 35.9 Å². The second-order valence-electron chi connectivity index (χ2n) is 6.85.